The summed E-state index contributed by atoms with van der Waals surface area (Å²) in [6.07, 6.45) is -0.168. The van der Waals surface area contributed by atoms with E-state index in [1.165, 1.54) is 31.2 Å². The third-order valence-corrected chi connectivity index (χ3v) is 5.31. The molecule has 2 aromatic rings. The first-order chi connectivity index (χ1) is 12.8. The number of amides is 1. The summed E-state index contributed by atoms with van der Waals surface area (Å²) in [6, 6.07) is 13.2. The second-order valence-electron chi connectivity index (χ2n) is 6.04. The molecule has 1 unspecified atom stereocenters. The summed E-state index contributed by atoms with van der Waals surface area (Å²) in [5.74, 6) is 0.483. The van der Waals surface area contributed by atoms with Crippen molar-refractivity contribution >= 4 is 15.9 Å². The maximum absolute atomic E-state index is 12.2. The largest absolute Gasteiger partial charge is 0.496 e. The molecule has 0 saturated carbocycles. The number of aliphatic hydroxyl groups excluding tert-OH is 1. The first-order valence-corrected chi connectivity index (χ1v) is 9.99. The summed E-state index contributed by atoms with van der Waals surface area (Å²) < 4.78 is 31.7. The van der Waals surface area contributed by atoms with Crippen molar-refractivity contribution in [3.05, 3.63) is 59.7 Å². The minimum absolute atomic E-state index is 0.0359. The van der Waals surface area contributed by atoms with Crippen LogP contribution in [0.1, 0.15) is 22.8 Å². The van der Waals surface area contributed by atoms with E-state index >= 15 is 0 Å². The Morgan fingerprint density at radius 2 is 1.81 bits per heavy atom. The van der Waals surface area contributed by atoms with Gasteiger partial charge < -0.3 is 15.2 Å². The lowest BCUT2D eigenvalue weighted by atomic mass is 10.1. The molecule has 0 aliphatic carbocycles. The van der Waals surface area contributed by atoms with Crippen LogP contribution in [0, 0.1) is 0 Å². The number of hydrogen-bond acceptors (Lipinski definition) is 5. The van der Waals surface area contributed by atoms with Crippen LogP contribution < -0.4 is 14.8 Å². The first kappa shape index (κ1) is 20.9. The number of nitrogens with one attached hydrogen (secondary N) is 2. The van der Waals surface area contributed by atoms with Gasteiger partial charge in [0.05, 0.1) is 18.1 Å². The predicted molar refractivity (Wildman–Crippen MR) is 102 cm³/mol. The summed E-state index contributed by atoms with van der Waals surface area (Å²) in [5, 5.41) is 12.0. The highest BCUT2D eigenvalue weighted by Crippen LogP contribution is 2.17. The highest BCUT2D eigenvalue weighted by Gasteiger charge is 2.15. The number of aliphatic hydroxyl groups is 1. The number of rotatable bonds is 9. The molecule has 7 nitrogen and oxygen atoms in total. The lowest BCUT2D eigenvalue weighted by Crippen LogP contribution is -2.30. The lowest BCUT2D eigenvalue weighted by Gasteiger charge is -2.10. The fourth-order valence-electron chi connectivity index (χ4n) is 2.42. The van der Waals surface area contributed by atoms with Crippen LogP contribution in [0.25, 0.3) is 0 Å². The van der Waals surface area contributed by atoms with E-state index in [0.717, 1.165) is 11.3 Å². The molecule has 0 fully saturated rings. The van der Waals surface area contributed by atoms with Crippen LogP contribution in [0.3, 0.4) is 0 Å². The zero-order chi connectivity index (χ0) is 19.9. The zero-order valence-electron chi connectivity index (χ0n) is 15.3. The van der Waals surface area contributed by atoms with Crippen molar-refractivity contribution in [2.24, 2.45) is 0 Å². The number of carbonyl (C=O) groups excluding carboxylic acids is 1. The summed E-state index contributed by atoms with van der Waals surface area (Å²) in [4.78, 5) is 12.3. The normalized spacial score (nSPS) is 12.4. The van der Waals surface area contributed by atoms with Crippen LogP contribution in [-0.2, 0) is 16.4 Å². The quantitative estimate of drug-likeness (QED) is 0.597. The molecule has 0 radical (unpaired) electrons. The summed E-state index contributed by atoms with van der Waals surface area (Å²) in [5.41, 5.74) is 1.36. The molecule has 27 heavy (non-hydrogen) atoms. The molecule has 1 amide bonds. The summed E-state index contributed by atoms with van der Waals surface area (Å²) in [7, 11) is -2.11. The second kappa shape index (κ2) is 9.50. The Morgan fingerprint density at radius 3 is 2.44 bits per heavy atom. The highest BCUT2D eigenvalue weighted by atomic mass is 32.2. The van der Waals surface area contributed by atoms with Gasteiger partial charge in [-0.05, 0) is 49.2 Å². The van der Waals surface area contributed by atoms with Crippen molar-refractivity contribution in [1.82, 2.24) is 10.0 Å². The Bertz CT molecular complexity index is 864. The van der Waals surface area contributed by atoms with Gasteiger partial charge in [-0.3, -0.25) is 4.79 Å². The van der Waals surface area contributed by atoms with Crippen molar-refractivity contribution < 1.29 is 23.1 Å². The molecule has 0 aliphatic heterocycles. The Labute approximate surface area is 159 Å². The number of hydrogen-bond donors (Lipinski definition) is 3. The number of carbonyl (C=O) groups is 1. The Hall–Kier alpha value is -2.42. The molecule has 2 rings (SSSR count). The molecule has 2 aromatic carbocycles. The fourth-order valence-corrected chi connectivity index (χ4v) is 3.54. The molecule has 8 heteroatoms. The molecular weight excluding hydrogens is 368 g/mol. The van der Waals surface area contributed by atoms with Crippen LogP contribution >= 0.6 is 0 Å². The number of para-hydroxylation sites is 1. The number of sulfonamides is 1. The van der Waals surface area contributed by atoms with Crippen molar-refractivity contribution in [3.63, 3.8) is 0 Å². The number of methoxy groups -OCH3 is 1. The monoisotopic (exact) mass is 392 g/mol. The molecule has 0 aromatic heterocycles. The van der Waals surface area contributed by atoms with Gasteiger partial charge in [0, 0.05) is 18.7 Å². The van der Waals surface area contributed by atoms with Crippen LogP contribution in [-0.4, -0.2) is 45.7 Å². The molecule has 0 spiro atoms. The van der Waals surface area contributed by atoms with Crippen molar-refractivity contribution in [3.8, 4) is 5.75 Å². The van der Waals surface area contributed by atoms with E-state index in [2.05, 4.69) is 10.0 Å². The molecule has 1 atom stereocenters. The molecule has 3 N–H and O–H groups in total. The summed E-state index contributed by atoms with van der Waals surface area (Å²) >= 11 is 0. The molecule has 0 bridgehead atoms. The van der Waals surface area contributed by atoms with Gasteiger partial charge in [-0.1, -0.05) is 18.2 Å². The van der Waals surface area contributed by atoms with Crippen LogP contribution in [0.5, 0.6) is 5.75 Å². The van der Waals surface area contributed by atoms with Gasteiger partial charge in [-0.15, -0.1) is 0 Å². The number of benzene rings is 2. The van der Waals surface area contributed by atoms with E-state index in [9.17, 15) is 18.3 Å². The predicted octanol–water partition coefficient (Wildman–Crippen LogP) is 1.33. The van der Waals surface area contributed by atoms with Gasteiger partial charge in [0.2, 0.25) is 10.0 Å². The third kappa shape index (κ3) is 6.06. The van der Waals surface area contributed by atoms with E-state index in [0.29, 0.717) is 18.5 Å². The molecule has 0 aliphatic rings. The average molecular weight is 392 g/mol. The van der Waals surface area contributed by atoms with Crippen LogP contribution in [0.4, 0.5) is 0 Å². The van der Waals surface area contributed by atoms with Gasteiger partial charge in [0.25, 0.3) is 5.91 Å². The number of ether oxygens (including phenoxy) is 1. The minimum atomic E-state index is -3.71. The standard InChI is InChI=1S/C19H24N2O5S/c1-14(22)13-21-27(24,25)17-9-7-16(8-10-17)19(23)20-12-11-15-5-3-4-6-18(15)26-2/h3-10,14,21-22H,11-13H2,1-2H3,(H,20,23). The van der Waals surface area contributed by atoms with Gasteiger partial charge in [0.1, 0.15) is 5.75 Å². The summed E-state index contributed by atoms with van der Waals surface area (Å²) in [6.45, 7) is 1.84. The van der Waals surface area contributed by atoms with Crippen LogP contribution in [0.2, 0.25) is 0 Å². The third-order valence-electron chi connectivity index (χ3n) is 3.87. The molecule has 0 saturated heterocycles. The van der Waals surface area contributed by atoms with E-state index in [1.807, 2.05) is 24.3 Å². The average Bonchev–Trinajstić information content (AvgIpc) is 2.67. The van der Waals surface area contributed by atoms with Crippen molar-refractivity contribution in [2.75, 3.05) is 20.2 Å². The minimum Gasteiger partial charge on any atom is -0.496 e. The van der Waals surface area contributed by atoms with Crippen LogP contribution in [0.15, 0.2) is 53.4 Å². The van der Waals surface area contributed by atoms with E-state index in [1.54, 1.807) is 7.11 Å². The Balaban J connectivity index is 1.93. The van der Waals surface area contributed by atoms with Gasteiger partial charge in [0.15, 0.2) is 0 Å². The van der Waals surface area contributed by atoms with Gasteiger partial charge in [-0.25, -0.2) is 13.1 Å². The highest BCUT2D eigenvalue weighted by molar-refractivity contribution is 7.89. The molecule has 0 heterocycles. The lowest BCUT2D eigenvalue weighted by molar-refractivity contribution is 0.0954. The van der Waals surface area contributed by atoms with Gasteiger partial charge in [-0.2, -0.15) is 0 Å². The fraction of sp³-hybridized carbons (Fsp3) is 0.316. The maximum Gasteiger partial charge on any atom is 0.251 e. The van der Waals surface area contributed by atoms with E-state index in [-0.39, 0.29) is 17.3 Å². The van der Waals surface area contributed by atoms with Crippen molar-refractivity contribution in [2.45, 2.75) is 24.3 Å². The van der Waals surface area contributed by atoms with E-state index in [4.69, 9.17) is 4.74 Å². The second-order valence-corrected chi connectivity index (χ2v) is 7.81. The SMILES string of the molecule is COc1ccccc1CCNC(=O)c1ccc(S(=O)(=O)NCC(C)O)cc1. The topological polar surface area (TPSA) is 105 Å². The van der Waals surface area contributed by atoms with Gasteiger partial charge >= 0.3 is 0 Å². The smallest absolute Gasteiger partial charge is 0.251 e. The first-order valence-electron chi connectivity index (χ1n) is 8.51. The van der Waals surface area contributed by atoms with E-state index < -0.39 is 16.1 Å². The Kier molecular flexibility index (Phi) is 7.35. The maximum atomic E-state index is 12.2. The van der Waals surface area contributed by atoms with Crippen molar-refractivity contribution in [1.29, 1.82) is 0 Å². The zero-order valence-corrected chi connectivity index (χ0v) is 16.1. The molecular formula is C19H24N2O5S. The molecule has 146 valence electrons. The Morgan fingerprint density at radius 1 is 1.15 bits per heavy atom.